The maximum atomic E-state index is 11.9. The highest BCUT2D eigenvalue weighted by Crippen LogP contribution is 2.21. The fraction of sp³-hybridized carbons (Fsp3) is 0.429. The lowest BCUT2D eigenvalue weighted by Crippen LogP contribution is -2.16. The first-order valence-corrected chi connectivity index (χ1v) is 7.09. The van der Waals surface area contributed by atoms with Gasteiger partial charge in [0.2, 0.25) is 5.91 Å². The minimum atomic E-state index is -0.0222. The number of nitrogens with one attached hydrogen (secondary N) is 1. The van der Waals surface area contributed by atoms with Gasteiger partial charge in [-0.2, -0.15) is 0 Å². The van der Waals surface area contributed by atoms with Crippen molar-refractivity contribution in [3.63, 3.8) is 0 Å². The number of allylic oxidation sites excluding steroid dienone is 1. The van der Waals surface area contributed by atoms with Crippen LogP contribution in [0.15, 0.2) is 28.6 Å². The Labute approximate surface area is 121 Å². The normalized spacial score (nSPS) is 17.8. The van der Waals surface area contributed by atoms with Gasteiger partial charge < -0.3 is 10.1 Å². The molecule has 0 fully saturated rings. The van der Waals surface area contributed by atoms with E-state index in [-0.39, 0.29) is 12.0 Å². The van der Waals surface area contributed by atoms with Crippen LogP contribution in [0.2, 0.25) is 0 Å². The van der Waals surface area contributed by atoms with Gasteiger partial charge in [-0.25, -0.2) is 4.98 Å². The summed E-state index contributed by atoms with van der Waals surface area (Å²) in [5.41, 5.74) is 0.942. The van der Waals surface area contributed by atoms with Crippen molar-refractivity contribution in [3.8, 4) is 0 Å². The number of carbonyl (C=O) groups excluding carboxylic acids is 1. The third-order valence-electron chi connectivity index (χ3n) is 3.02. The molecule has 19 heavy (non-hydrogen) atoms. The van der Waals surface area contributed by atoms with E-state index in [4.69, 9.17) is 4.74 Å². The van der Waals surface area contributed by atoms with Crippen molar-refractivity contribution < 1.29 is 9.53 Å². The summed E-state index contributed by atoms with van der Waals surface area (Å²) < 4.78 is 6.47. The van der Waals surface area contributed by atoms with E-state index in [1.54, 1.807) is 6.20 Å². The molecule has 0 saturated carbocycles. The number of hydrogen-bond acceptors (Lipinski definition) is 3. The Morgan fingerprint density at radius 1 is 1.58 bits per heavy atom. The average molecular weight is 325 g/mol. The molecule has 0 aromatic carbocycles. The number of anilines is 1. The minimum absolute atomic E-state index is 0.0222. The number of nitrogens with zero attached hydrogens (tertiary/aromatic N) is 1. The summed E-state index contributed by atoms with van der Waals surface area (Å²) >= 11 is 3.35. The van der Waals surface area contributed by atoms with Gasteiger partial charge in [-0.1, -0.05) is 0 Å². The van der Waals surface area contributed by atoms with Gasteiger partial charge in [-0.3, -0.25) is 4.79 Å². The quantitative estimate of drug-likeness (QED) is 0.921. The van der Waals surface area contributed by atoms with Crippen LogP contribution in [0.25, 0.3) is 0 Å². The molecule has 0 saturated heterocycles. The topological polar surface area (TPSA) is 51.2 Å². The van der Waals surface area contributed by atoms with E-state index >= 15 is 0 Å². The summed E-state index contributed by atoms with van der Waals surface area (Å²) in [4.78, 5) is 16.0. The molecule has 0 spiro atoms. The van der Waals surface area contributed by atoms with Crippen molar-refractivity contribution in [2.24, 2.45) is 0 Å². The molecule has 0 bridgehead atoms. The standard InChI is InChI=1S/C14H17BrN2O2/c1-9-7-11(15)8-16-14(9)17-13(18)6-5-12-4-3-10(2)19-12/h3,7-8,12H,4-6H2,1-2H3,(H,16,17,18). The van der Waals surface area contributed by atoms with Gasteiger partial charge in [0.1, 0.15) is 11.9 Å². The summed E-state index contributed by atoms with van der Waals surface area (Å²) in [5, 5.41) is 2.83. The number of halogens is 1. The van der Waals surface area contributed by atoms with Crippen molar-refractivity contribution in [2.45, 2.75) is 39.2 Å². The van der Waals surface area contributed by atoms with Crippen LogP contribution in [0.1, 0.15) is 31.7 Å². The van der Waals surface area contributed by atoms with Gasteiger partial charge in [0.25, 0.3) is 0 Å². The highest BCUT2D eigenvalue weighted by molar-refractivity contribution is 9.10. The van der Waals surface area contributed by atoms with Crippen LogP contribution in [0.5, 0.6) is 0 Å². The van der Waals surface area contributed by atoms with Gasteiger partial charge in [-0.05, 0) is 53.9 Å². The molecule has 1 aliphatic rings. The van der Waals surface area contributed by atoms with Crippen molar-refractivity contribution in [3.05, 3.63) is 34.1 Å². The fourth-order valence-corrected chi connectivity index (χ4v) is 2.44. The first kappa shape index (κ1) is 14.1. The van der Waals surface area contributed by atoms with Gasteiger partial charge >= 0.3 is 0 Å². The highest BCUT2D eigenvalue weighted by Gasteiger charge is 2.17. The molecule has 1 N–H and O–H groups in total. The zero-order valence-corrected chi connectivity index (χ0v) is 12.7. The Kier molecular flexibility index (Phi) is 4.58. The van der Waals surface area contributed by atoms with Crippen LogP contribution in [0, 0.1) is 6.92 Å². The van der Waals surface area contributed by atoms with E-state index in [1.165, 1.54) is 0 Å². The zero-order chi connectivity index (χ0) is 13.8. The molecular weight excluding hydrogens is 308 g/mol. The lowest BCUT2D eigenvalue weighted by molar-refractivity contribution is -0.116. The molecule has 5 heteroatoms. The van der Waals surface area contributed by atoms with Crippen molar-refractivity contribution in [1.82, 2.24) is 4.98 Å². The zero-order valence-electron chi connectivity index (χ0n) is 11.1. The van der Waals surface area contributed by atoms with Gasteiger partial charge in [0.05, 0.1) is 5.76 Å². The SMILES string of the molecule is CC1=CCC(CCC(=O)Nc2ncc(Br)cc2C)O1. The second-order valence-corrected chi connectivity index (χ2v) is 5.61. The maximum Gasteiger partial charge on any atom is 0.225 e. The van der Waals surface area contributed by atoms with Crippen LogP contribution < -0.4 is 5.32 Å². The number of hydrogen-bond donors (Lipinski definition) is 1. The van der Waals surface area contributed by atoms with E-state index in [2.05, 4.69) is 32.3 Å². The summed E-state index contributed by atoms with van der Waals surface area (Å²) in [6.45, 7) is 3.86. The van der Waals surface area contributed by atoms with Gasteiger partial charge in [0.15, 0.2) is 0 Å². The Hall–Kier alpha value is -1.36. The molecule has 2 heterocycles. The van der Waals surface area contributed by atoms with E-state index in [0.29, 0.717) is 12.2 Å². The molecule has 2 rings (SSSR count). The second-order valence-electron chi connectivity index (χ2n) is 4.70. The number of carbonyl (C=O) groups is 1. The molecular formula is C14H17BrN2O2. The first-order valence-electron chi connectivity index (χ1n) is 6.30. The number of aromatic nitrogens is 1. The average Bonchev–Trinajstić information content (AvgIpc) is 2.76. The van der Waals surface area contributed by atoms with E-state index in [0.717, 1.165) is 28.6 Å². The predicted octanol–water partition coefficient (Wildman–Crippen LogP) is 3.56. The Morgan fingerprint density at radius 3 is 3.00 bits per heavy atom. The monoisotopic (exact) mass is 324 g/mol. The Bertz CT molecular complexity index is 514. The van der Waals surface area contributed by atoms with Crippen molar-refractivity contribution in [2.75, 3.05) is 5.32 Å². The van der Waals surface area contributed by atoms with Crippen LogP contribution >= 0.6 is 15.9 Å². The van der Waals surface area contributed by atoms with Gasteiger partial charge in [-0.15, -0.1) is 0 Å². The highest BCUT2D eigenvalue weighted by atomic mass is 79.9. The third kappa shape index (κ3) is 4.06. The third-order valence-corrected chi connectivity index (χ3v) is 3.45. The predicted molar refractivity (Wildman–Crippen MR) is 77.8 cm³/mol. The smallest absolute Gasteiger partial charge is 0.225 e. The molecule has 4 nitrogen and oxygen atoms in total. The van der Waals surface area contributed by atoms with Crippen LogP contribution in [-0.2, 0) is 9.53 Å². The lowest BCUT2D eigenvalue weighted by atomic mass is 10.1. The van der Waals surface area contributed by atoms with Crippen LogP contribution in [0.4, 0.5) is 5.82 Å². The van der Waals surface area contributed by atoms with Crippen LogP contribution in [0.3, 0.4) is 0 Å². The molecule has 1 aromatic rings. The molecule has 1 unspecified atom stereocenters. The van der Waals surface area contributed by atoms with E-state index < -0.39 is 0 Å². The van der Waals surface area contributed by atoms with E-state index in [9.17, 15) is 4.79 Å². The number of ether oxygens (including phenoxy) is 1. The van der Waals surface area contributed by atoms with Gasteiger partial charge in [0, 0.05) is 23.5 Å². The largest absolute Gasteiger partial charge is 0.495 e. The summed E-state index contributed by atoms with van der Waals surface area (Å²) in [6.07, 6.45) is 5.95. The van der Waals surface area contributed by atoms with Crippen molar-refractivity contribution in [1.29, 1.82) is 0 Å². The molecule has 1 aromatic heterocycles. The molecule has 1 aliphatic heterocycles. The number of aryl methyl sites for hydroxylation is 1. The minimum Gasteiger partial charge on any atom is -0.495 e. The first-order chi connectivity index (χ1) is 9.04. The molecule has 102 valence electrons. The number of amides is 1. The van der Waals surface area contributed by atoms with Crippen LogP contribution in [-0.4, -0.2) is 17.0 Å². The molecule has 0 aliphatic carbocycles. The Balaban J connectivity index is 1.81. The second kappa shape index (κ2) is 6.19. The number of rotatable bonds is 4. The number of pyridine rings is 1. The molecule has 0 radical (unpaired) electrons. The molecule has 1 atom stereocenters. The maximum absolute atomic E-state index is 11.9. The summed E-state index contributed by atoms with van der Waals surface area (Å²) in [6, 6.07) is 1.93. The van der Waals surface area contributed by atoms with E-state index in [1.807, 2.05) is 19.9 Å². The summed E-state index contributed by atoms with van der Waals surface area (Å²) in [7, 11) is 0. The fourth-order valence-electron chi connectivity index (χ4n) is 1.99. The van der Waals surface area contributed by atoms with Crippen molar-refractivity contribution >= 4 is 27.7 Å². The lowest BCUT2D eigenvalue weighted by Gasteiger charge is -2.12. The Morgan fingerprint density at radius 2 is 2.37 bits per heavy atom. The summed E-state index contributed by atoms with van der Waals surface area (Å²) in [5.74, 6) is 1.55. The molecule has 1 amide bonds.